The molecule has 0 atom stereocenters. The van der Waals surface area contributed by atoms with Crippen LogP contribution in [-0.2, 0) is 11.3 Å². The first-order chi connectivity index (χ1) is 6.33. The van der Waals surface area contributed by atoms with Crippen molar-refractivity contribution in [3.05, 3.63) is 18.0 Å². The van der Waals surface area contributed by atoms with Gasteiger partial charge in [0.15, 0.2) is 5.76 Å². The van der Waals surface area contributed by atoms with Gasteiger partial charge in [0.25, 0.3) is 0 Å². The molecule has 0 fully saturated rings. The summed E-state index contributed by atoms with van der Waals surface area (Å²) in [5.41, 5.74) is 0. The number of carbonyl (C=O) groups is 1. The highest BCUT2D eigenvalue weighted by molar-refractivity contribution is 5.66. The molecule has 1 heterocycles. The third-order valence-corrected chi connectivity index (χ3v) is 1.22. The standard InChI is InChI=1S/C7H10N2O4/c10-3-4-12-7(11)8-5-6-1-2-9-13-6/h1-2,10H,3-5H2,(H,8,11). The number of hydrogen-bond donors (Lipinski definition) is 2. The maximum Gasteiger partial charge on any atom is 0.407 e. The number of nitrogens with zero attached hydrogens (tertiary/aromatic N) is 1. The molecule has 0 aromatic carbocycles. The SMILES string of the molecule is O=C(NCc1ccno1)OCCO. The van der Waals surface area contributed by atoms with Crippen LogP contribution < -0.4 is 5.32 Å². The molecule has 0 aliphatic carbocycles. The second-order valence-electron chi connectivity index (χ2n) is 2.19. The summed E-state index contributed by atoms with van der Waals surface area (Å²) in [4.78, 5) is 10.8. The third-order valence-electron chi connectivity index (χ3n) is 1.22. The van der Waals surface area contributed by atoms with E-state index in [4.69, 9.17) is 9.63 Å². The predicted octanol–water partition coefficient (Wildman–Crippen LogP) is -0.107. The fourth-order valence-corrected chi connectivity index (χ4v) is 0.682. The van der Waals surface area contributed by atoms with Gasteiger partial charge in [-0.25, -0.2) is 4.79 Å². The smallest absolute Gasteiger partial charge is 0.407 e. The van der Waals surface area contributed by atoms with Crippen molar-refractivity contribution in [2.45, 2.75) is 6.54 Å². The second-order valence-corrected chi connectivity index (χ2v) is 2.19. The fraction of sp³-hybridized carbons (Fsp3) is 0.429. The highest BCUT2D eigenvalue weighted by Crippen LogP contribution is 1.94. The lowest BCUT2D eigenvalue weighted by Crippen LogP contribution is -2.24. The maximum absolute atomic E-state index is 10.8. The van der Waals surface area contributed by atoms with E-state index in [-0.39, 0.29) is 19.8 Å². The Morgan fingerprint density at radius 1 is 1.77 bits per heavy atom. The summed E-state index contributed by atoms with van der Waals surface area (Å²) >= 11 is 0. The Bertz CT molecular complexity index is 247. The summed E-state index contributed by atoms with van der Waals surface area (Å²) in [5.74, 6) is 0.543. The minimum atomic E-state index is -0.592. The summed E-state index contributed by atoms with van der Waals surface area (Å²) in [6, 6.07) is 1.63. The van der Waals surface area contributed by atoms with Crippen molar-refractivity contribution in [2.24, 2.45) is 0 Å². The van der Waals surface area contributed by atoms with Crippen molar-refractivity contribution in [1.29, 1.82) is 0 Å². The highest BCUT2D eigenvalue weighted by Gasteiger charge is 2.02. The van der Waals surface area contributed by atoms with Gasteiger partial charge in [0.05, 0.1) is 19.3 Å². The van der Waals surface area contributed by atoms with Crippen LogP contribution >= 0.6 is 0 Å². The van der Waals surface area contributed by atoms with Crippen LogP contribution in [0.5, 0.6) is 0 Å². The van der Waals surface area contributed by atoms with E-state index in [1.165, 1.54) is 6.20 Å². The molecule has 1 aromatic rings. The average molecular weight is 186 g/mol. The zero-order valence-electron chi connectivity index (χ0n) is 6.90. The van der Waals surface area contributed by atoms with E-state index in [1.54, 1.807) is 6.07 Å². The summed E-state index contributed by atoms with van der Waals surface area (Å²) in [5, 5.41) is 14.2. The second kappa shape index (κ2) is 5.15. The average Bonchev–Trinajstić information content (AvgIpc) is 2.64. The quantitative estimate of drug-likeness (QED) is 0.685. The Labute approximate surface area is 74.5 Å². The number of amides is 1. The monoisotopic (exact) mass is 186 g/mol. The summed E-state index contributed by atoms with van der Waals surface area (Å²) in [6.45, 7) is 0.0300. The Kier molecular flexibility index (Phi) is 3.77. The molecule has 0 saturated carbocycles. The summed E-state index contributed by atoms with van der Waals surface area (Å²) in [7, 11) is 0. The van der Waals surface area contributed by atoms with Gasteiger partial charge >= 0.3 is 6.09 Å². The molecule has 0 aliphatic rings. The van der Waals surface area contributed by atoms with Crippen LogP contribution in [0.4, 0.5) is 4.79 Å². The van der Waals surface area contributed by atoms with Crippen LogP contribution in [0.3, 0.4) is 0 Å². The normalized spacial score (nSPS) is 9.62. The van der Waals surface area contributed by atoms with E-state index in [1.807, 2.05) is 0 Å². The minimum absolute atomic E-state index is 0.0117. The first-order valence-corrected chi connectivity index (χ1v) is 3.74. The minimum Gasteiger partial charge on any atom is -0.447 e. The summed E-state index contributed by atoms with van der Waals surface area (Å²) in [6.07, 6.45) is 0.890. The van der Waals surface area contributed by atoms with Crippen molar-refractivity contribution in [3.63, 3.8) is 0 Å². The Morgan fingerprint density at radius 2 is 2.62 bits per heavy atom. The highest BCUT2D eigenvalue weighted by atomic mass is 16.6. The van der Waals surface area contributed by atoms with E-state index in [0.717, 1.165) is 0 Å². The topological polar surface area (TPSA) is 84.6 Å². The molecule has 0 unspecified atom stereocenters. The van der Waals surface area contributed by atoms with Crippen LogP contribution in [0, 0.1) is 0 Å². The van der Waals surface area contributed by atoms with Gasteiger partial charge in [0.1, 0.15) is 6.61 Å². The van der Waals surface area contributed by atoms with E-state index < -0.39 is 6.09 Å². The van der Waals surface area contributed by atoms with Crippen molar-refractivity contribution >= 4 is 6.09 Å². The lowest BCUT2D eigenvalue weighted by molar-refractivity contribution is 0.118. The number of nitrogens with one attached hydrogen (secondary N) is 1. The number of aliphatic hydroxyl groups is 1. The Hall–Kier alpha value is -1.56. The Balaban J connectivity index is 2.15. The third kappa shape index (κ3) is 3.57. The van der Waals surface area contributed by atoms with Gasteiger partial charge in [0, 0.05) is 6.07 Å². The molecule has 1 aromatic heterocycles. The zero-order chi connectivity index (χ0) is 9.52. The largest absolute Gasteiger partial charge is 0.447 e. The van der Waals surface area contributed by atoms with Gasteiger partial charge in [0.2, 0.25) is 0 Å². The predicted molar refractivity (Wildman–Crippen MR) is 41.8 cm³/mol. The molecular weight excluding hydrogens is 176 g/mol. The van der Waals surface area contributed by atoms with Crippen LogP contribution in [0.15, 0.2) is 16.8 Å². The number of hydrogen-bond acceptors (Lipinski definition) is 5. The van der Waals surface area contributed by atoms with Gasteiger partial charge in [-0.3, -0.25) is 0 Å². The first-order valence-electron chi connectivity index (χ1n) is 3.74. The van der Waals surface area contributed by atoms with Crippen molar-refractivity contribution in [3.8, 4) is 0 Å². The number of aliphatic hydroxyl groups excluding tert-OH is 1. The Morgan fingerprint density at radius 3 is 3.23 bits per heavy atom. The van der Waals surface area contributed by atoms with Gasteiger partial charge in [-0.1, -0.05) is 5.16 Å². The molecule has 2 N–H and O–H groups in total. The van der Waals surface area contributed by atoms with Crippen LogP contribution in [0.2, 0.25) is 0 Å². The molecule has 0 aliphatic heterocycles. The van der Waals surface area contributed by atoms with Crippen LogP contribution in [-0.4, -0.2) is 29.6 Å². The van der Waals surface area contributed by atoms with E-state index in [2.05, 4.69) is 15.2 Å². The van der Waals surface area contributed by atoms with Crippen LogP contribution in [0.1, 0.15) is 5.76 Å². The number of carbonyl (C=O) groups excluding carboxylic acids is 1. The van der Waals surface area contributed by atoms with Crippen molar-refractivity contribution < 1.29 is 19.2 Å². The van der Waals surface area contributed by atoms with Crippen molar-refractivity contribution in [2.75, 3.05) is 13.2 Å². The lowest BCUT2D eigenvalue weighted by atomic mass is 10.5. The lowest BCUT2D eigenvalue weighted by Gasteiger charge is -2.02. The molecule has 1 amide bonds. The molecule has 13 heavy (non-hydrogen) atoms. The fourth-order valence-electron chi connectivity index (χ4n) is 0.682. The zero-order valence-corrected chi connectivity index (χ0v) is 6.90. The van der Waals surface area contributed by atoms with E-state index in [0.29, 0.717) is 5.76 Å². The van der Waals surface area contributed by atoms with Gasteiger partial charge in [-0.05, 0) is 0 Å². The molecular formula is C7H10N2O4. The molecule has 6 nitrogen and oxygen atoms in total. The number of alkyl carbamates (subject to hydrolysis) is 1. The summed E-state index contributed by atoms with van der Waals surface area (Å²) < 4.78 is 9.25. The van der Waals surface area contributed by atoms with E-state index in [9.17, 15) is 4.79 Å². The maximum atomic E-state index is 10.8. The molecule has 0 radical (unpaired) electrons. The molecule has 0 saturated heterocycles. The molecule has 0 bridgehead atoms. The molecule has 72 valence electrons. The molecule has 6 heteroatoms. The van der Waals surface area contributed by atoms with Crippen LogP contribution in [0.25, 0.3) is 0 Å². The van der Waals surface area contributed by atoms with E-state index >= 15 is 0 Å². The number of aromatic nitrogens is 1. The molecule has 1 rings (SSSR count). The van der Waals surface area contributed by atoms with Crippen molar-refractivity contribution in [1.82, 2.24) is 10.5 Å². The number of ether oxygens (including phenoxy) is 1. The molecule has 0 spiro atoms. The van der Waals surface area contributed by atoms with Gasteiger partial charge in [-0.2, -0.15) is 0 Å². The van der Waals surface area contributed by atoms with Gasteiger partial charge < -0.3 is 19.7 Å². The van der Waals surface area contributed by atoms with Gasteiger partial charge in [-0.15, -0.1) is 0 Å². The first kappa shape index (κ1) is 9.53. The number of rotatable bonds is 4.